The van der Waals surface area contributed by atoms with Crippen molar-refractivity contribution in [2.24, 2.45) is 0 Å². The lowest BCUT2D eigenvalue weighted by Crippen LogP contribution is -2.25. The fourth-order valence-electron chi connectivity index (χ4n) is 1.93. The summed E-state index contributed by atoms with van der Waals surface area (Å²) in [6, 6.07) is 3.58. The molecule has 1 aromatic heterocycles. The highest BCUT2D eigenvalue weighted by molar-refractivity contribution is 6.00. The minimum absolute atomic E-state index is 0.119. The summed E-state index contributed by atoms with van der Waals surface area (Å²) in [5, 5.41) is 2.16. The monoisotopic (exact) mass is 315 g/mol. The molecular formula is C13H9F4N3O2. The Labute approximate surface area is 120 Å². The summed E-state index contributed by atoms with van der Waals surface area (Å²) in [7, 11) is 0. The van der Waals surface area contributed by atoms with Crippen molar-refractivity contribution >= 4 is 22.5 Å². The molecule has 1 aliphatic carbocycles. The van der Waals surface area contributed by atoms with Crippen molar-refractivity contribution in [2.75, 3.05) is 5.32 Å². The molecule has 0 aliphatic heterocycles. The van der Waals surface area contributed by atoms with E-state index in [2.05, 4.69) is 10.3 Å². The van der Waals surface area contributed by atoms with Gasteiger partial charge < -0.3 is 10.3 Å². The lowest BCUT2D eigenvalue weighted by Gasteiger charge is -2.09. The highest BCUT2D eigenvalue weighted by atomic mass is 19.4. The molecule has 0 radical (unpaired) electrons. The number of aromatic amines is 1. The number of aromatic nitrogens is 2. The second kappa shape index (κ2) is 4.52. The van der Waals surface area contributed by atoms with Gasteiger partial charge in [-0.25, -0.2) is 9.37 Å². The standard InChI is InChI=1S/C13H9F4N3O2/c14-12(3-4-12)11(22)18-6-1-2-8-7(5-6)9(21)20-10(19-8)13(15,16)17/h1-2,5H,3-4H2,(H,18,22)(H,19,20,21). The van der Waals surface area contributed by atoms with Gasteiger partial charge in [-0.2, -0.15) is 13.2 Å². The molecule has 22 heavy (non-hydrogen) atoms. The van der Waals surface area contributed by atoms with E-state index < -0.39 is 29.1 Å². The van der Waals surface area contributed by atoms with Crippen LogP contribution in [0, 0.1) is 0 Å². The smallest absolute Gasteiger partial charge is 0.323 e. The zero-order valence-corrected chi connectivity index (χ0v) is 10.9. The predicted molar refractivity (Wildman–Crippen MR) is 69.1 cm³/mol. The number of anilines is 1. The Morgan fingerprint density at radius 1 is 1.32 bits per heavy atom. The van der Waals surface area contributed by atoms with Crippen LogP contribution in [-0.2, 0) is 11.0 Å². The van der Waals surface area contributed by atoms with E-state index >= 15 is 0 Å². The van der Waals surface area contributed by atoms with Gasteiger partial charge in [0.15, 0.2) is 5.67 Å². The lowest BCUT2D eigenvalue weighted by molar-refractivity contribution is -0.144. The number of nitrogens with one attached hydrogen (secondary N) is 2. The Hall–Kier alpha value is -2.45. The number of rotatable bonds is 2. The maximum Gasteiger partial charge on any atom is 0.449 e. The van der Waals surface area contributed by atoms with Crippen LogP contribution < -0.4 is 10.9 Å². The van der Waals surface area contributed by atoms with E-state index in [1.54, 1.807) is 4.98 Å². The van der Waals surface area contributed by atoms with Crippen LogP contribution in [0.25, 0.3) is 10.9 Å². The van der Waals surface area contributed by atoms with Gasteiger partial charge in [0.25, 0.3) is 11.5 Å². The molecule has 1 amide bonds. The molecule has 116 valence electrons. The normalized spacial score (nSPS) is 16.5. The van der Waals surface area contributed by atoms with E-state index in [1.165, 1.54) is 6.07 Å². The Kier molecular flexibility index (Phi) is 2.98. The van der Waals surface area contributed by atoms with Crippen molar-refractivity contribution in [3.8, 4) is 0 Å². The molecule has 0 saturated heterocycles. The molecule has 1 aromatic carbocycles. The molecule has 0 atom stereocenters. The van der Waals surface area contributed by atoms with Gasteiger partial charge in [0.05, 0.1) is 10.9 Å². The number of fused-ring (bicyclic) bond motifs is 1. The minimum Gasteiger partial charge on any atom is -0.323 e. The summed E-state index contributed by atoms with van der Waals surface area (Å²) in [6.45, 7) is 0. The van der Waals surface area contributed by atoms with E-state index in [1.807, 2.05) is 0 Å². The van der Waals surface area contributed by atoms with Crippen LogP contribution in [0.2, 0.25) is 0 Å². The van der Waals surface area contributed by atoms with E-state index in [0.717, 1.165) is 12.1 Å². The first-order valence-corrected chi connectivity index (χ1v) is 6.31. The van der Waals surface area contributed by atoms with Crippen molar-refractivity contribution in [1.29, 1.82) is 0 Å². The van der Waals surface area contributed by atoms with Gasteiger partial charge in [0, 0.05) is 5.69 Å². The largest absolute Gasteiger partial charge is 0.449 e. The molecule has 1 saturated carbocycles. The molecule has 1 aliphatic rings. The van der Waals surface area contributed by atoms with Gasteiger partial charge >= 0.3 is 6.18 Å². The van der Waals surface area contributed by atoms with Crippen LogP contribution in [0.3, 0.4) is 0 Å². The molecular weight excluding hydrogens is 306 g/mol. The van der Waals surface area contributed by atoms with Crippen molar-refractivity contribution in [2.45, 2.75) is 24.7 Å². The zero-order chi connectivity index (χ0) is 16.1. The maximum absolute atomic E-state index is 13.5. The summed E-state index contributed by atoms with van der Waals surface area (Å²) in [5.41, 5.74) is -2.93. The quantitative estimate of drug-likeness (QED) is 0.836. The summed E-state index contributed by atoms with van der Waals surface area (Å²) < 4.78 is 51.2. The zero-order valence-electron chi connectivity index (χ0n) is 10.9. The molecule has 5 nitrogen and oxygen atoms in total. The predicted octanol–water partition coefficient (Wildman–Crippen LogP) is 2.38. The van der Waals surface area contributed by atoms with Crippen molar-refractivity contribution < 1.29 is 22.4 Å². The summed E-state index contributed by atoms with van der Waals surface area (Å²) in [6.07, 6.45) is -4.51. The van der Waals surface area contributed by atoms with Gasteiger partial charge in [0.2, 0.25) is 5.82 Å². The van der Waals surface area contributed by atoms with E-state index in [9.17, 15) is 27.2 Å². The van der Waals surface area contributed by atoms with Crippen LogP contribution in [-0.4, -0.2) is 21.5 Å². The topological polar surface area (TPSA) is 74.8 Å². The summed E-state index contributed by atoms with van der Waals surface area (Å²) in [5.74, 6) is -2.23. The average molecular weight is 315 g/mol. The molecule has 2 aromatic rings. The van der Waals surface area contributed by atoms with Gasteiger partial charge in [-0.1, -0.05) is 0 Å². The molecule has 1 fully saturated rings. The van der Waals surface area contributed by atoms with Crippen LogP contribution in [0.4, 0.5) is 23.2 Å². The number of hydrogen-bond acceptors (Lipinski definition) is 3. The molecule has 0 unspecified atom stereocenters. The van der Waals surface area contributed by atoms with Gasteiger partial charge in [-0.05, 0) is 31.0 Å². The molecule has 3 rings (SSSR count). The number of carbonyl (C=O) groups excluding carboxylic acids is 1. The Bertz CT molecular complexity index is 824. The Morgan fingerprint density at radius 2 is 2.00 bits per heavy atom. The molecule has 0 bridgehead atoms. The molecule has 2 N–H and O–H groups in total. The number of hydrogen-bond donors (Lipinski definition) is 2. The highest BCUT2D eigenvalue weighted by Crippen LogP contribution is 2.40. The minimum atomic E-state index is -4.77. The summed E-state index contributed by atoms with van der Waals surface area (Å²) in [4.78, 5) is 28.2. The third-order valence-corrected chi connectivity index (χ3v) is 3.33. The van der Waals surface area contributed by atoms with Gasteiger partial charge in [0.1, 0.15) is 0 Å². The number of alkyl halides is 4. The van der Waals surface area contributed by atoms with Crippen molar-refractivity contribution in [3.63, 3.8) is 0 Å². The van der Waals surface area contributed by atoms with Crippen LogP contribution in [0.15, 0.2) is 23.0 Å². The number of benzene rings is 1. The van der Waals surface area contributed by atoms with Crippen LogP contribution in [0.5, 0.6) is 0 Å². The number of halogens is 4. The van der Waals surface area contributed by atoms with Crippen molar-refractivity contribution in [3.05, 3.63) is 34.4 Å². The SMILES string of the molecule is O=C(Nc1ccc2nc(C(F)(F)F)[nH]c(=O)c2c1)C1(F)CC1. The highest BCUT2D eigenvalue weighted by Gasteiger charge is 2.50. The Balaban J connectivity index is 1.98. The summed E-state index contributed by atoms with van der Waals surface area (Å²) >= 11 is 0. The van der Waals surface area contributed by atoms with Crippen LogP contribution in [0.1, 0.15) is 18.7 Å². The van der Waals surface area contributed by atoms with E-state index in [4.69, 9.17) is 0 Å². The van der Waals surface area contributed by atoms with Crippen LogP contribution >= 0.6 is 0 Å². The van der Waals surface area contributed by atoms with Gasteiger partial charge in [-0.15, -0.1) is 0 Å². The maximum atomic E-state index is 13.5. The van der Waals surface area contributed by atoms with E-state index in [0.29, 0.717) is 0 Å². The lowest BCUT2D eigenvalue weighted by atomic mass is 10.2. The number of carbonyl (C=O) groups is 1. The number of H-pyrrole nitrogens is 1. The second-order valence-corrected chi connectivity index (χ2v) is 5.06. The third kappa shape index (κ3) is 2.53. The number of amides is 1. The third-order valence-electron chi connectivity index (χ3n) is 3.33. The average Bonchev–Trinajstić information content (AvgIpc) is 3.17. The van der Waals surface area contributed by atoms with Gasteiger partial charge in [-0.3, -0.25) is 9.59 Å². The first-order chi connectivity index (χ1) is 10.2. The Morgan fingerprint density at radius 3 is 2.59 bits per heavy atom. The van der Waals surface area contributed by atoms with Crippen molar-refractivity contribution in [1.82, 2.24) is 9.97 Å². The molecule has 0 spiro atoms. The second-order valence-electron chi connectivity index (χ2n) is 5.06. The fourth-order valence-corrected chi connectivity index (χ4v) is 1.93. The first kappa shape index (κ1) is 14.5. The number of nitrogens with zero attached hydrogens (tertiary/aromatic N) is 1. The van der Waals surface area contributed by atoms with E-state index in [-0.39, 0.29) is 29.4 Å². The molecule has 1 heterocycles. The first-order valence-electron chi connectivity index (χ1n) is 6.31. The molecule has 9 heteroatoms. The fraction of sp³-hybridized carbons (Fsp3) is 0.308.